The Bertz CT molecular complexity index is 1370. The molecule has 1 aromatic heterocycles. The van der Waals surface area contributed by atoms with Gasteiger partial charge in [0.05, 0.1) is 12.3 Å². The maximum absolute atomic E-state index is 13.6. The maximum atomic E-state index is 13.6. The molecular formula is C27H24FN5O2S. The zero-order chi connectivity index (χ0) is 24.9. The number of para-hydroxylation sites is 1. The smallest absolute Gasteiger partial charge is 0.251 e. The van der Waals surface area contributed by atoms with Crippen LogP contribution in [0.4, 0.5) is 10.1 Å². The van der Waals surface area contributed by atoms with Crippen molar-refractivity contribution in [1.29, 1.82) is 0 Å². The number of fused-ring (bicyclic) bond motifs is 1. The molecule has 0 radical (unpaired) electrons. The van der Waals surface area contributed by atoms with Gasteiger partial charge in [-0.1, -0.05) is 48.2 Å². The van der Waals surface area contributed by atoms with Crippen LogP contribution in [-0.2, 0) is 17.8 Å². The maximum Gasteiger partial charge on any atom is 0.251 e. The second kappa shape index (κ2) is 10.7. The van der Waals surface area contributed by atoms with Gasteiger partial charge in [0.15, 0.2) is 11.0 Å². The van der Waals surface area contributed by atoms with Crippen molar-refractivity contribution in [2.75, 3.05) is 17.2 Å². The molecule has 4 aromatic rings. The van der Waals surface area contributed by atoms with Crippen LogP contribution in [0.25, 0.3) is 5.69 Å². The Labute approximate surface area is 212 Å². The summed E-state index contributed by atoms with van der Waals surface area (Å²) in [5.74, 6) is 0.0320. The molecule has 0 saturated heterocycles. The molecule has 0 spiro atoms. The number of nitrogens with zero attached hydrogens (tertiary/aromatic N) is 4. The molecule has 36 heavy (non-hydrogen) atoms. The minimum Gasteiger partial charge on any atom is -0.345 e. The Balaban J connectivity index is 1.35. The number of carbonyl (C=O) groups excluding carboxylic acids is 2. The minimum absolute atomic E-state index is 0.0141. The quantitative estimate of drug-likeness (QED) is 0.380. The van der Waals surface area contributed by atoms with Gasteiger partial charge in [0.2, 0.25) is 5.91 Å². The molecule has 0 unspecified atom stereocenters. The molecule has 2 heterocycles. The van der Waals surface area contributed by atoms with Gasteiger partial charge in [0.1, 0.15) is 5.82 Å². The van der Waals surface area contributed by atoms with Gasteiger partial charge in [-0.3, -0.25) is 14.2 Å². The van der Waals surface area contributed by atoms with Crippen molar-refractivity contribution in [2.45, 2.75) is 24.5 Å². The Morgan fingerprint density at radius 1 is 0.944 bits per heavy atom. The standard InChI is InChI=1S/C27H24FN5O2S/c28-21-12-14-22(15-13-21)33-24(17-29-26(35)20-8-2-1-3-9-20)30-31-27(33)36-18-25(34)32-16-6-10-19-7-4-5-11-23(19)32/h1-5,7-9,11-15H,6,10,16-18H2,(H,29,35). The van der Waals surface area contributed by atoms with E-state index in [1.807, 2.05) is 29.2 Å². The van der Waals surface area contributed by atoms with Crippen LogP contribution in [0.5, 0.6) is 0 Å². The first-order chi connectivity index (χ1) is 17.6. The molecule has 3 aromatic carbocycles. The van der Waals surface area contributed by atoms with Crippen LogP contribution in [0.15, 0.2) is 84.0 Å². The average molecular weight is 502 g/mol. The number of amides is 2. The van der Waals surface area contributed by atoms with Gasteiger partial charge >= 0.3 is 0 Å². The number of anilines is 1. The van der Waals surface area contributed by atoms with Gasteiger partial charge in [-0.25, -0.2) is 4.39 Å². The molecule has 0 atom stereocenters. The summed E-state index contributed by atoms with van der Waals surface area (Å²) in [7, 11) is 0. The van der Waals surface area contributed by atoms with Crippen LogP contribution >= 0.6 is 11.8 Å². The first kappa shape index (κ1) is 23.7. The molecule has 182 valence electrons. The van der Waals surface area contributed by atoms with Crippen molar-refractivity contribution < 1.29 is 14.0 Å². The lowest BCUT2D eigenvalue weighted by atomic mass is 10.0. The third kappa shape index (κ3) is 5.16. The van der Waals surface area contributed by atoms with Crippen molar-refractivity contribution in [1.82, 2.24) is 20.1 Å². The molecule has 1 aliphatic rings. The number of rotatable bonds is 7. The highest BCUT2D eigenvalue weighted by Crippen LogP contribution is 2.29. The summed E-state index contributed by atoms with van der Waals surface area (Å²) < 4.78 is 15.3. The van der Waals surface area contributed by atoms with E-state index in [4.69, 9.17) is 0 Å². The minimum atomic E-state index is -0.362. The van der Waals surface area contributed by atoms with Crippen molar-refractivity contribution in [3.63, 3.8) is 0 Å². The summed E-state index contributed by atoms with van der Waals surface area (Å²) in [6.07, 6.45) is 1.88. The number of aryl methyl sites for hydroxylation is 1. The lowest BCUT2D eigenvalue weighted by molar-refractivity contribution is -0.116. The number of halogens is 1. The Morgan fingerprint density at radius 2 is 1.69 bits per heavy atom. The summed E-state index contributed by atoms with van der Waals surface area (Å²) in [5, 5.41) is 11.9. The average Bonchev–Trinajstić information content (AvgIpc) is 3.33. The van der Waals surface area contributed by atoms with Gasteiger partial charge in [-0.2, -0.15) is 0 Å². The molecule has 2 amide bonds. The number of hydrogen-bond donors (Lipinski definition) is 1. The van der Waals surface area contributed by atoms with Crippen LogP contribution in [0.1, 0.15) is 28.2 Å². The van der Waals surface area contributed by atoms with E-state index in [0.29, 0.717) is 28.8 Å². The van der Waals surface area contributed by atoms with Crippen LogP contribution in [0.3, 0.4) is 0 Å². The predicted molar refractivity (Wildman–Crippen MR) is 137 cm³/mol. The lowest BCUT2D eigenvalue weighted by Gasteiger charge is -2.29. The van der Waals surface area contributed by atoms with Crippen LogP contribution in [-0.4, -0.2) is 38.9 Å². The predicted octanol–water partition coefficient (Wildman–Crippen LogP) is 4.41. The fraction of sp³-hybridized carbons (Fsp3) is 0.185. The zero-order valence-corrected chi connectivity index (χ0v) is 20.2. The number of aromatic nitrogens is 3. The highest BCUT2D eigenvalue weighted by Gasteiger charge is 2.24. The Morgan fingerprint density at radius 3 is 2.50 bits per heavy atom. The van der Waals surface area contributed by atoms with Gasteiger partial charge in [-0.05, 0) is 60.9 Å². The first-order valence-corrected chi connectivity index (χ1v) is 12.6. The summed E-state index contributed by atoms with van der Waals surface area (Å²) in [6, 6.07) is 22.8. The molecule has 0 aliphatic carbocycles. The lowest BCUT2D eigenvalue weighted by Crippen LogP contribution is -2.36. The number of benzene rings is 3. The van der Waals surface area contributed by atoms with Gasteiger partial charge < -0.3 is 10.2 Å². The van der Waals surface area contributed by atoms with Crippen molar-refractivity contribution in [3.8, 4) is 5.69 Å². The van der Waals surface area contributed by atoms with Crippen LogP contribution < -0.4 is 10.2 Å². The van der Waals surface area contributed by atoms with Crippen molar-refractivity contribution >= 4 is 29.3 Å². The molecule has 1 N–H and O–H groups in total. The zero-order valence-electron chi connectivity index (χ0n) is 19.4. The fourth-order valence-electron chi connectivity index (χ4n) is 4.21. The molecule has 0 bridgehead atoms. The van der Waals surface area contributed by atoms with E-state index in [1.165, 1.54) is 29.5 Å². The van der Waals surface area contributed by atoms with E-state index < -0.39 is 0 Å². The first-order valence-electron chi connectivity index (χ1n) is 11.6. The molecule has 1 aliphatic heterocycles. The summed E-state index contributed by atoms with van der Waals surface area (Å²) >= 11 is 1.27. The normalized spacial score (nSPS) is 12.8. The van der Waals surface area contributed by atoms with Gasteiger partial charge in [0.25, 0.3) is 5.91 Å². The largest absolute Gasteiger partial charge is 0.345 e. The van der Waals surface area contributed by atoms with Crippen molar-refractivity contribution in [2.24, 2.45) is 0 Å². The SMILES string of the molecule is O=C(NCc1nnc(SCC(=O)N2CCCc3ccccc32)n1-c1ccc(F)cc1)c1ccccc1. The summed E-state index contributed by atoms with van der Waals surface area (Å²) in [5.41, 5.74) is 3.31. The van der Waals surface area contributed by atoms with E-state index in [9.17, 15) is 14.0 Å². The van der Waals surface area contributed by atoms with E-state index in [1.54, 1.807) is 41.0 Å². The van der Waals surface area contributed by atoms with Crippen LogP contribution in [0.2, 0.25) is 0 Å². The summed E-state index contributed by atoms with van der Waals surface area (Å²) in [4.78, 5) is 27.5. The molecular weight excluding hydrogens is 477 g/mol. The molecule has 9 heteroatoms. The fourth-order valence-corrected chi connectivity index (χ4v) is 5.05. The topological polar surface area (TPSA) is 80.1 Å². The second-order valence-electron chi connectivity index (χ2n) is 8.33. The van der Waals surface area contributed by atoms with E-state index >= 15 is 0 Å². The van der Waals surface area contributed by atoms with Crippen LogP contribution in [0, 0.1) is 5.82 Å². The number of thioether (sulfide) groups is 1. The van der Waals surface area contributed by atoms with Gasteiger partial charge in [-0.15, -0.1) is 10.2 Å². The third-order valence-corrected chi connectivity index (χ3v) is 6.88. The number of carbonyl (C=O) groups is 2. The summed E-state index contributed by atoms with van der Waals surface area (Å²) in [6.45, 7) is 0.796. The third-order valence-electron chi connectivity index (χ3n) is 5.96. The molecule has 5 rings (SSSR count). The molecule has 7 nitrogen and oxygen atoms in total. The van der Waals surface area contributed by atoms with E-state index in [0.717, 1.165) is 18.5 Å². The van der Waals surface area contributed by atoms with Gasteiger partial charge in [0, 0.05) is 23.5 Å². The highest BCUT2D eigenvalue weighted by molar-refractivity contribution is 7.99. The second-order valence-corrected chi connectivity index (χ2v) is 9.27. The Hall–Kier alpha value is -3.98. The number of hydrogen-bond acceptors (Lipinski definition) is 5. The number of nitrogens with one attached hydrogen (secondary N) is 1. The molecule has 0 fully saturated rings. The highest BCUT2D eigenvalue weighted by atomic mass is 32.2. The molecule has 0 saturated carbocycles. The van der Waals surface area contributed by atoms with E-state index in [-0.39, 0.29) is 29.9 Å². The van der Waals surface area contributed by atoms with E-state index in [2.05, 4.69) is 21.6 Å². The monoisotopic (exact) mass is 501 g/mol. The van der Waals surface area contributed by atoms with Crippen molar-refractivity contribution in [3.05, 3.63) is 102 Å². The Kier molecular flexibility index (Phi) is 7.08.